The van der Waals surface area contributed by atoms with Crippen molar-refractivity contribution in [2.45, 2.75) is 12.8 Å². The lowest BCUT2D eigenvalue weighted by atomic mass is 10.00. The molecular weight excluding hydrogens is 228 g/mol. The lowest BCUT2D eigenvalue weighted by Gasteiger charge is -2.01. The maximum Gasteiger partial charge on any atom is 0.180 e. The van der Waals surface area contributed by atoms with Gasteiger partial charge in [0.25, 0.3) is 0 Å². The summed E-state index contributed by atoms with van der Waals surface area (Å²) < 4.78 is 1.68. The summed E-state index contributed by atoms with van der Waals surface area (Å²) in [6, 6.07) is 8.75. The number of fused-ring (bicyclic) bond motifs is 1. The fourth-order valence-electron chi connectivity index (χ4n) is 2.34. The maximum absolute atomic E-state index is 12.3. The Labute approximate surface area is 104 Å². The zero-order valence-electron chi connectivity index (χ0n) is 10.2. The number of rotatable bonds is 1. The van der Waals surface area contributed by atoms with Gasteiger partial charge in [-0.3, -0.25) is 14.3 Å². The molecule has 4 heteroatoms. The Morgan fingerprint density at radius 2 is 1.67 bits per heavy atom. The van der Waals surface area contributed by atoms with Crippen molar-refractivity contribution in [3.8, 4) is 0 Å². The van der Waals surface area contributed by atoms with Crippen molar-refractivity contribution in [2.24, 2.45) is 7.05 Å². The number of carbonyl (C=O) groups excluding carboxylic acids is 2. The molecule has 0 saturated carbocycles. The Morgan fingerprint density at radius 1 is 1.11 bits per heavy atom. The first-order valence-electron chi connectivity index (χ1n) is 5.77. The average molecular weight is 240 g/mol. The third-order valence-corrected chi connectivity index (χ3v) is 3.41. The van der Waals surface area contributed by atoms with Gasteiger partial charge in [0.2, 0.25) is 0 Å². The van der Waals surface area contributed by atoms with Crippen LogP contribution in [0.1, 0.15) is 38.0 Å². The van der Waals surface area contributed by atoms with Gasteiger partial charge in [0, 0.05) is 23.9 Å². The minimum atomic E-state index is -0.762. The Bertz CT molecular complexity index is 616. The largest absolute Gasteiger partial charge is 0.293 e. The molecule has 1 aliphatic rings. The SMILES string of the molecule is Cc1cc(C2C(=O)c3ccccc3C2=O)nn1C. The highest BCUT2D eigenvalue weighted by atomic mass is 16.2. The summed E-state index contributed by atoms with van der Waals surface area (Å²) in [4.78, 5) is 24.5. The van der Waals surface area contributed by atoms with E-state index in [1.807, 2.05) is 6.92 Å². The van der Waals surface area contributed by atoms with Gasteiger partial charge in [0.05, 0.1) is 5.69 Å². The highest BCUT2D eigenvalue weighted by Crippen LogP contribution is 2.33. The lowest BCUT2D eigenvalue weighted by Crippen LogP contribution is -2.13. The van der Waals surface area contributed by atoms with E-state index in [0.29, 0.717) is 16.8 Å². The van der Waals surface area contributed by atoms with Crippen LogP contribution < -0.4 is 0 Å². The molecule has 0 saturated heterocycles. The molecule has 3 rings (SSSR count). The average Bonchev–Trinajstić information content (AvgIpc) is 2.80. The molecule has 90 valence electrons. The summed E-state index contributed by atoms with van der Waals surface area (Å²) in [7, 11) is 1.80. The summed E-state index contributed by atoms with van der Waals surface area (Å²) in [5.74, 6) is -1.05. The van der Waals surface area contributed by atoms with E-state index in [2.05, 4.69) is 5.10 Å². The van der Waals surface area contributed by atoms with E-state index >= 15 is 0 Å². The van der Waals surface area contributed by atoms with Gasteiger partial charge < -0.3 is 0 Å². The minimum Gasteiger partial charge on any atom is -0.293 e. The normalized spacial score (nSPS) is 15.2. The Hall–Kier alpha value is -2.23. The number of aryl methyl sites for hydroxylation is 2. The standard InChI is InChI=1S/C14H12N2O2/c1-8-7-11(15-16(8)2)12-13(17)9-5-3-4-6-10(9)14(12)18/h3-7,12H,1-2H3. The van der Waals surface area contributed by atoms with Crippen LogP contribution in [0.5, 0.6) is 0 Å². The van der Waals surface area contributed by atoms with E-state index in [4.69, 9.17) is 0 Å². The van der Waals surface area contributed by atoms with Crippen LogP contribution in [-0.4, -0.2) is 21.3 Å². The molecule has 0 amide bonds. The Kier molecular flexibility index (Phi) is 2.20. The molecule has 0 aliphatic heterocycles. The summed E-state index contributed by atoms with van der Waals surface area (Å²) in [6.07, 6.45) is 0. The molecule has 1 aromatic heterocycles. The number of nitrogens with zero attached hydrogens (tertiary/aromatic N) is 2. The van der Waals surface area contributed by atoms with Gasteiger partial charge in [-0.05, 0) is 13.0 Å². The van der Waals surface area contributed by atoms with Crippen LogP contribution >= 0.6 is 0 Å². The van der Waals surface area contributed by atoms with Crippen molar-refractivity contribution in [2.75, 3.05) is 0 Å². The third-order valence-electron chi connectivity index (χ3n) is 3.41. The first-order chi connectivity index (χ1) is 8.59. The van der Waals surface area contributed by atoms with Crippen LogP contribution in [0.15, 0.2) is 30.3 Å². The van der Waals surface area contributed by atoms with E-state index in [0.717, 1.165) is 5.69 Å². The second kappa shape index (κ2) is 3.63. The highest BCUT2D eigenvalue weighted by molar-refractivity contribution is 6.29. The van der Waals surface area contributed by atoms with Crippen LogP contribution in [0.4, 0.5) is 0 Å². The smallest absolute Gasteiger partial charge is 0.180 e. The molecule has 0 spiro atoms. The van der Waals surface area contributed by atoms with Crippen molar-refractivity contribution in [3.05, 3.63) is 52.8 Å². The molecule has 0 unspecified atom stereocenters. The van der Waals surface area contributed by atoms with Crippen LogP contribution in [-0.2, 0) is 7.05 Å². The Balaban J connectivity index is 2.12. The molecule has 0 fully saturated rings. The maximum atomic E-state index is 12.3. The molecule has 0 atom stereocenters. The lowest BCUT2D eigenvalue weighted by molar-refractivity contribution is 0.0887. The fraction of sp³-hybridized carbons (Fsp3) is 0.214. The van der Waals surface area contributed by atoms with E-state index < -0.39 is 5.92 Å². The minimum absolute atomic E-state index is 0.145. The number of ketones is 2. The summed E-state index contributed by atoms with van der Waals surface area (Å²) in [5, 5.41) is 4.25. The highest BCUT2D eigenvalue weighted by Gasteiger charge is 2.40. The monoisotopic (exact) mass is 240 g/mol. The van der Waals surface area contributed by atoms with Crippen molar-refractivity contribution in [3.63, 3.8) is 0 Å². The van der Waals surface area contributed by atoms with Gasteiger partial charge in [-0.25, -0.2) is 0 Å². The quantitative estimate of drug-likeness (QED) is 0.715. The van der Waals surface area contributed by atoms with E-state index in [1.165, 1.54) is 0 Å². The van der Waals surface area contributed by atoms with Gasteiger partial charge in [0.15, 0.2) is 11.6 Å². The zero-order valence-corrected chi connectivity index (χ0v) is 10.2. The summed E-state index contributed by atoms with van der Waals surface area (Å²) in [5.41, 5.74) is 2.49. The number of aromatic nitrogens is 2. The first-order valence-corrected chi connectivity index (χ1v) is 5.77. The Morgan fingerprint density at radius 3 is 2.11 bits per heavy atom. The number of hydrogen-bond donors (Lipinski definition) is 0. The predicted octanol–water partition coefficient (Wildman–Crippen LogP) is 1.89. The number of benzene rings is 1. The first kappa shape index (κ1) is 10.9. The number of carbonyl (C=O) groups is 2. The molecule has 18 heavy (non-hydrogen) atoms. The topological polar surface area (TPSA) is 52.0 Å². The van der Waals surface area contributed by atoms with Crippen LogP contribution in [0.3, 0.4) is 0 Å². The van der Waals surface area contributed by atoms with E-state index in [-0.39, 0.29) is 11.6 Å². The van der Waals surface area contributed by atoms with Gasteiger partial charge in [-0.1, -0.05) is 24.3 Å². The van der Waals surface area contributed by atoms with Crippen molar-refractivity contribution < 1.29 is 9.59 Å². The van der Waals surface area contributed by atoms with E-state index in [9.17, 15) is 9.59 Å². The molecule has 0 radical (unpaired) electrons. The van der Waals surface area contributed by atoms with Gasteiger partial charge in [-0.15, -0.1) is 0 Å². The van der Waals surface area contributed by atoms with Gasteiger partial charge in [-0.2, -0.15) is 5.10 Å². The molecule has 1 heterocycles. The third kappa shape index (κ3) is 1.35. The van der Waals surface area contributed by atoms with Gasteiger partial charge in [0.1, 0.15) is 5.92 Å². The number of hydrogen-bond acceptors (Lipinski definition) is 3. The van der Waals surface area contributed by atoms with Crippen LogP contribution in [0.25, 0.3) is 0 Å². The van der Waals surface area contributed by atoms with Crippen LogP contribution in [0, 0.1) is 6.92 Å². The second-order valence-corrected chi connectivity index (χ2v) is 4.54. The molecule has 0 bridgehead atoms. The molecule has 4 nitrogen and oxygen atoms in total. The molecule has 0 N–H and O–H groups in total. The molecular formula is C14H12N2O2. The molecule has 2 aromatic rings. The fourth-order valence-corrected chi connectivity index (χ4v) is 2.34. The van der Waals surface area contributed by atoms with Crippen LogP contribution in [0.2, 0.25) is 0 Å². The zero-order chi connectivity index (χ0) is 12.9. The second-order valence-electron chi connectivity index (χ2n) is 4.54. The van der Waals surface area contributed by atoms with Crippen molar-refractivity contribution >= 4 is 11.6 Å². The van der Waals surface area contributed by atoms with E-state index in [1.54, 1.807) is 42.1 Å². The number of Topliss-reactive ketones (excluding diaryl/α,β-unsaturated/α-hetero) is 2. The molecule has 1 aromatic carbocycles. The summed E-state index contributed by atoms with van der Waals surface area (Å²) in [6.45, 7) is 1.90. The van der Waals surface area contributed by atoms with Crippen molar-refractivity contribution in [1.29, 1.82) is 0 Å². The predicted molar refractivity (Wildman–Crippen MR) is 65.8 cm³/mol. The van der Waals surface area contributed by atoms with Gasteiger partial charge >= 0.3 is 0 Å². The van der Waals surface area contributed by atoms with Crippen molar-refractivity contribution in [1.82, 2.24) is 9.78 Å². The summed E-state index contributed by atoms with van der Waals surface area (Å²) >= 11 is 0. The molecule has 1 aliphatic carbocycles.